The van der Waals surface area contributed by atoms with Crippen LogP contribution in [-0.4, -0.2) is 19.2 Å². The maximum absolute atomic E-state index is 11.1. The molecule has 3 atom stereocenters. The molecule has 0 aromatic heterocycles. The Labute approximate surface area is 59.7 Å². The van der Waals surface area contributed by atoms with E-state index in [0.29, 0.717) is 5.92 Å². The Hall–Kier alpha value is -0.570. The fraction of sp³-hybridized carbons (Fsp3) is 0.857. The highest BCUT2D eigenvalue weighted by molar-refractivity contribution is 5.88. The zero-order valence-electron chi connectivity index (χ0n) is 6.18. The van der Waals surface area contributed by atoms with Gasteiger partial charge < -0.3 is 10.1 Å². The molecule has 0 spiro atoms. The third-order valence-corrected chi connectivity index (χ3v) is 2.71. The Morgan fingerprint density at radius 2 is 2.50 bits per heavy atom. The number of rotatable bonds is 1. The van der Waals surface area contributed by atoms with E-state index in [2.05, 4.69) is 5.32 Å². The van der Waals surface area contributed by atoms with Crippen LogP contribution < -0.4 is 5.32 Å². The smallest absolute Gasteiger partial charge is 0.228 e. The van der Waals surface area contributed by atoms with Gasteiger partial charge in [0.05, 0.1) is 5.41 Å². The van der Waals surface area contributed by atoms with Gasteiger partial charge in [-0.15, -0.1) is 0 Å². The molecule has 0 aromatic carbocycles. The van der Waals surface area contributed by atoms with Crippen molar-refractivity contribution in [3.63, 3.8) is 0 Å². The summed E-state index contributed by atoms with van der Waals surface area (Å²) in [6.45, 7) is 1.99. The third-order valence-electron chi connectivity index (χ3n) is 2.71. The van der Waals surface area contributed by atoms with Crippen LogP contribution in [0.4, 0.5) is 0 Å². The third kappa shape index (κ3) is 0.515. The molecule has 1 aliphatic carbocycles. The van der Waals surface area contributed by atoms with E-state index < -0.39 is 0 Å². The van der Waals surface area contributed by atoms with Crippen molar-refractivity contribution in [3.05, 3.63) is 0 Å². The molecule has 2 fully saturated rings. The van der Waals surface area contributed by atoms with E-state index in [1.54, 1.807) is 7.11 Å². The standard InChI is InChI=1S/C7H11NO2/c1-7-3-4(7)5(10-2)8-6(7)9/h4-5H,3H2,1-2H3,(H,8,9)/t4-,5-,7-/m0/s1. The van der Waals surface area contributed by atoms with Crippen LogP contribution in [0.15, 0.2) is 0 Å². The second-order valence-electron chi connectivity index (χ2n) is 3.36. The number of piperidine rings is 1. The first-order chi connectivity index (χ1) is 4.68. The summed E-state index contributed by atoms with van der Waals surface area (Å²) in [5.41, 5.74) is -0.0827. The SMILES string of the molecule is CO[C@@H]1NC(=O)[C@@]2(C)C[C@@H]12. The van der Waals surface area contributed by atoms with E-state index in [1.165, 1.54) is 0 Å². The number of fused-ring (bicyclic) bond motifs is 1. The number of hydrogen-bond acceptors (Lipinski definition) is 2. The zero-order valence-corrected chi connectivity index (χ0v) is 6.18. The van der Waals surface area contributed by atoms with Crippen LogP contribution in [0.25, 0.3) is 0 Å². The van der Waals surface area contributed by atoms with Crippen molar-refractivity contribution >= 4 is 5.91 Å². The number of methoxy groups -OCH3 is 1. The number of ether oxygens (including phenoxy) is 1. The average Bonchev–Trinajstić information content (AvgIpc) is 2.52. The number of hydrogen-bond donors (Lipinski definition) is 1. The zero-order chi connectivity index (χ0) is 7.35. The van der Waals surface area contributed by atoms with Gasteiger partial charge in [-0.2, -0.15) is 0 Å². The van der Waals surface area contributed by atoms with Crippen molar-refractivity contribution in [2.45, 2.75) is 19.6 Å². The molecule has 2 aliphatic rings. The molecule has 56 valence electrons. The van der Waals surface area contributed by atoms with Crippen molar-refractivity contribution in [3.8, 4) is 0 Å². The molecule has 3 nitrogen and oxygen atoms in total. The van der Waals surface area contributed by atoms with Crippen LogP contribution in [0.5, 0.6) is 0 Å². The minimum atomic E-state index is -0.0827. The number of nitrogens with one attached hydrogen (secondary N) is 1. The lowest BCUT2D eigenvalue weighted by Gasteiger charge is -2.09. The lowest BCUT2D eigenvalue weighted by molar-refractivity contribution is -0.125. The molecule has 2 rings (SSSR count). The summed E-state index contributed by atoms with van der Waals surface area (Å²) in [5.74, 6) is 0.592. The molecule has 0 bridgehead atoms. The minimum absolute atomic E-state index is 0.0162. The summed E-state index contributed by atoms with van der Waals surface area (Å²) < 4.78 is 5.07. The van der Waals surface area contributed by atoms with Gasteiger partial charge in [0.2, 0.25) is 5.91 Å². The van der Waals surface area contributed by atoms with E-state index >= 15 is 0 Å². The minimum Gasteiger partial charge on any atom is -0.361 e. The molecule has 1 amide bonds. The van der Waals surface area contributed by atoms with E-state index in [4.69, 9.17) is 4.74 Å². The molecule has 1 saturated heterocycles. The molecule has 3 heteroatoms. The maximum atomic E-state index is 11.1. The summed E-state index contributed by atoms with van der Waals surface area (Å²) in [4.78, 5) is 11.1. The first kappa shape index (κ1) is 6.16. The van der Waals surface area contributed by atoms with Crippen molar-refractivity contribution in [2.24, 2.45) is 11.3 Å². The summed E-state index contributed by atoms with van der Waals surface area (Å²) >= 11 is 0. The van der Waals surface area contributed by atoms with Gasteiger partial charge in [-0.25, -0.2) is 0 Å². The van der Waals surface area contributed by atoms with E-state index in [1.807, 2.05) is 6.92 Å². The highest BCUT2D eigenvalue weighted by atomic mass is 16.5. The number of carbonyl (C=O) groups is 1. The molecule has 1 saturated carbocycles. The Bertz CT molecular complexity index is 192. The lowest BCUT2D eigenvalue weighted by Crippen LogP contribution is -2.32. The van der Waals surface area contributed by atoms with Gasteiger partial charge in [0.25, 0.3) is 0 Å². The van der Waals surface area contributed by atoms with Gasteiger partial charge in [-0.3, -0.25) is 4.79 Å². The van der Waals surface area contributed by atoms with E-state index in [9.17, 15) is 4.79 Å². The molecule has 0 unspecified atom stereocenters. The summed E-state index contributed by atoms with van der Waals surface area (Å²) in [5, 5.41) is 2.78. The largest absolute Gasteiger partial charge is 0.361 e. The van der Waals surface area contributed by atoms with Gasteiger partial charge in [-0.05, 0) is 6.42 Å². The first-order valence-electron chi connectivity index (χ1n) is 3.52. The predicted molar refractivity (Wildman–Crippen MR) is 35.2 cm³/mol. The Morgan fingerprint density at radius 1 is 1.80 bits per heavy atom. The fourth-order valence-electron chi connectivity index (χ4n) is 1.72. The second kappa shape index (κ2) is 1.53. The first-order valence-corrected chi connectivity index (χ1v) is 3.52. The Balaban J connectivity index is 2.17. The van der Waals surface area contributed by atoms with Crippen LogP contribution in [0, 0.1) is 11.3 Å². The van der Waals surface area contributed by atoms with Crippen molar-refractivity contribution in [1.82, 2.24) is 5.32 Å². The van der Waals surface area contributed by atoms with Crippen molar-refractivity contribution in [2.75, 3.05) is 7.11 Å². The molecular weight excluding hydrogens is 130 g/mol. The quantitative estimate of drug-likeness (QED) is 0.563. The molecule has 0 radical (unpaired) electrons. The fourth-order valence-corrected chi connectivity index (χ4v) is 1.72. The molecule has 1 aliphatic heterocycles. The van der Waals surface area contributed by atoms with Crippen LogP contribution >= 0.6 is 0 Å². The normalized spacial score (nSPS) is 50.4. The highest BCUT2D eigenvalue weighted by Gasteiger charge is 2.65. The van der Waals surface area contributed by atoms with E-state index in [0.717, 1.165) is 6.42 Å². The van der Waals surface area contributed by atoms with Gasteiger partial charge in [-0.1, -0.05) is 6.92 Å². The Kier molecular flexibility index (Phi) is 0.944. The topological polar surface area (TPSA) is 38.3 Å². The van der Waals surface area contributed by atoms with Gasteiger partial charge in [0, 0.05) is 13.0 Å². The van der Waals surface area contributed by atoms with Crippen LogP contribution in [-0.2, 0) is 9.53 Å². The van der Waals surface area contributed by atoms with Crippen LogP contribution in [0.3, 0.4) is 0 Å². The second-order valence-corrected chi connectivity index (χ2v) is 3.36. The van der Waals surface area contributed by atoms with E-state index in [-0.39, 0.29) is 17.6 Å². The molecular formula is C7H11NO2. The summed E-state index contributed by atoms with van der Waals surface area (Å²) in [7, 11) is 1.63. The van der Waals surface area contributed by atoms with Crippen LogP contribution in [0.1, 0.15) is 13.3 Å². The van der Waals surface area contributed by atoms with Crippen LogP contribution in [0.2, 0.25) is 0 Å². The lowest BCUT2D eigenvalue weighted by atomic mass is 10.1. The molecule has 10 heavy (non-hydrogen) atoms. The number of carbonyl (C=O) groups excluding carboxylic acids is 1. The molecule has 1 N–H and O–H groups in total. The van der Waals surface area contributed by atoms with Crippen molar-refractivity contribution < 1.29 is 9.53 Å². The molecule has 1 heterocycles. The summed E-state index contributed by atoms with van der Waals surface area (Å²) in [6.07, 6.45) is 0.981. The summed E-state index contributed by atoms with van der Waals surface area (Å²) in [6, 6.07) is 0. The van der Waals surface area contributed by atoms with Crippen molar-refractivity contribution in [1.29, 1.82) is 0 Å². The number of amides is 1. The molecule has 0 aromatic rings. The average molecular weight is 141 g/mol. The maximum Gasteiger partial charge on any atom is 0.228 e. The van der Waals surface area contributed by atoms with Gasteiger partial charge >= 0.3 is 0 Å². The Morgan fingerprint density at radius 3 is 2.70 bits per heavy atom. The monoisotopic (exact) mass is 141 g/mol. The van der Waals surface area contributed by atoms with Gasteiger partial charge in [0.1, 0.15) is 6.23 Å². The predicted octanol–water partition coefficient (Wildman–Crippen LogP) is 0.115. The van der Waals surface area contributed by atoms with Gasteiger partial charge in [0.15, 0.2) is 0 Å². The highest BCUT2D eigenvalue weighted by Crippen LogP contribution is 2.57.